The standard InChI is InChI=1S/C27H35OPSi/c1-7-26(28-30(5,6)27(2,3)4)29(23-17-11-8-12-18-23,24-19-13-9-14-20-24)25-21-15-10-16-22-25/h7-22,26,29H,1H2,2-6H3. The molecule has 0 fully saturated rings. The van der Waals surface area contributed by atoms with Gasteiger partial charge >= 0.3 is 184 Å². The maximum absolute atomic E-state index is 7.16. The molecule has 1 atom stereocenters. The average Bonchev–Trinajstić information content (AvgIpc) is 2.75. The molecule has 3 aromatic carbocycles. The first-order valence-corrected chi connectivity index (χ1v) is 15.7. The summed E-state index contributed by atoms with van der Waals surface area (Å²) < 4.78 is 7.16. The number of hydrogen-bond donors (Lipinski definition) is 0. The summed E-state index contributed by atoms with van der Waals surface area (Å²) in [7, 11) is -4.58. The van der Waals surface area contributed by atoms with Crippen LogP contribution in [0, 0.1) is 0 Å². The zero-order valence-corrected chi connectivity index (χ0v) is 20.9. The molecule has 3 heteroatoms. The van der Waals surface area contributed by atoms with Crippen molar-refractivity contribution in [3.8, 4) is 0 Å². The van der Waals surface area contributed by atoms with E-state index in [4.69, 9.17) is 4.43 Å². The normalized spacial score (nSPS) is 14.2. The average molecular weight is 435 g/mol. The monoisotopic (exact) mass is 434 g/mol. The van der Waals surface area contributed by atoms with E-state index in [0.29, 0.717) is 0 Å². The fourth-order valence-corrected chi connectivity index (χ4v) is 11.1. The van der Waals surface area contributed by atoms with Crippen LogP contribution >= 0.6 is 7.26 Å². The van der Waals surface area contributed by atoms with Gasteiger partial charge in [-0.3, -0.25) is 0 Å². The van der Waals surface area contributed by atoms with E-state index in [2.05, 4.69) is 138 Å². The van der Waals surface area contributed by atoms with Crippen LogP contribution < -0.4 is 15.9 Å². The Bertz CT molecular complexity index is 850. The number of benzene rings is 3. The molecule has 30 heavy (non-hydrogen) atoms. The van der Waals surface area contributed by atoms with Crippen molar-refractivity contribution in [2.24, 2.45) is 0 Å². The van der Waals surface area contributed by atoms with Crippen LogP contribution in [0.15, 0.2) is 104 Å². The van der Waals surface area contributed by atoms with Crippen molar-refractivity contribution < 1.29 is 4.43 Å². The maximum atomic E-state index is 7.16. The molecule has 0 aliphatic heterocycles. The Balaban J connectivity index is 2.34. The van der Waals surface area contributed by atoms with E-state index in [-0.39, 0.29) is 10.9 Å². The Labute approximate surface area is 184 Å². The zero-order valence-electron chi connectivity index (χ0n) is 18.9. The molecule has 0 aliphatic rings. The second-order valence-corrected chi connectivity index (χ2v) is 18.1. The predicted molar refractivity (Wildman–Crippen MR) is 139 cm³/mol. The Morgan fingerprint density at radius 1 is 0.733 bits per heavy atom. The second kappa shape index (κ2) is 9.02. The topological polar surface area (TPSA) is 9.23 Å². The summed E-state index contributed by atoms with van der Waals surface area (Å²) in [5.74, 6) is -0.0643. The number of rotatable bonds is 7. The Hall–Kier alpha value is -1.99. The third-order valence-electron chi connectivity index (χ3n) is 6.56. The van der Waals surface area contributed by atoms with E-state index >= 15 is 0 Å². The van der Waals surface area contributed by atoms with Crippen LogP contribution in [0.1, 0.15) is 20.8 Å². The van der Waals surface area contributed by atoms with E-state index in [1.54, 1.807) is 0 Å². The van der Waals surface area contributed by atoms with Gasteiger partial charge in [0.25, 0.3) is 0 Å². The summed E-state index contributed by atoms with van der Waals surface area (Å²) >= 11 is 0. The summed E-state index contributed by atoms with van der Waals surface area (Å²) in [5.41, 5.74) is 0. The Kier molecular flexibility index (Phi) is 6.82. The molecule has 0 aliphatic carbocycles. The van der Waals surface area contributed by atoms with Gasteiger partial charge in [-0.05, 0) is 0 Å². The van der Waals surface area contributed by atoms with Gasteiger partial charge in [0.1, 0.15) is 0 Å². The van der Waals surface area contributed by atoms with Gasteiger partial charge in [-0.1, -0.05) is 0 Å². The van der Waals surface area contributed by atoms with Crippen LogP contribution in [0.25, 0.3) is 0 Å². The Morgan fingerprint density at radius 2 is 1.07 bits per heavy atom. The molecule has 0 radical (unpaired) electrons. The minimum atomic E-state index is -2.55. The number of hydrogen-bond acceptors (Lipinski definition) is 1. The molecule has 0 aromatic heterocycles. The quantitative estimate of drug-likeness (QED) is 0.243. The van der Waals surface area contributed by atoms with Crippen molar-refractivity contribution in [3.63, 3.8) is 0 Å². The third-order valence-corrected chi connectivity index (χ3v) is 16.2. The first-order chi connectivity index (χ1) is 14.2. The second-order valence-electron chi connectivity index (χ2n) is 9.44. The third kappa shape index (κ3) is 4.23. The summed E-state index contributed by atoms with van der Waals surface area (Å²) in [6, 6.07) is 32.8. The summed E-state index contributed by atoms with van der Waals surface area (Å²) in [4.78, 5) is 0. The molecule has 0 spiro atoms. The van der Waals surface area contributed by atoms with Crippen molar-refractivity contribution in [2.75, 3.05) is 0 Å². The molecule has 0 bridgehead atoms. The van der Waals surface area contributed by atoms with Crippen molar-refractivity contribution in [2.45, 2.75) is 44.7 Å². The molecule has 0 heterocycles. The fraction of sp³-hybridized carbons (Fsp3) is 0.259. The molecule has 3 aromatic rings. The van der Waals surface area contributed by atoms with Crippen LogP contribution in [0.3, 0.4) is 0 Å². The van der Waals surface area contributed by atoms with E-state index in [0.717, 1.165) is 0 Å². The van der Waals surface area contributed by atoms with Gasteiger partial charge in [0, 0.05) is 0 Å². The van der Waals surface area contributed by atoms with Crippen molar-refractivity contribution in [1.29, 1.82) is 0 Å². The predicted octanol–water partition coefficient (Wildman–Crippen LogP) is 6.25. The molecule has 3 rings (SSSR count). The van der Waals surface area contributed by atoms with Crippen LogP contribution in [0.5, 0.6) is 0 Å². The van der Waals surface area contributed by atoms with Gasteiger partial charge in [-0.2, -0.15) is 0 Å². The van der Waals surface area contributed by atoms with Crippen LogP contribution in [0.2, 0.25) is 18.1 Å². The van der Waals surface area contributed by atoms with Crippen LogP contribution in [-0.2, 0) is 4.43 Å². The zero-order chi connectivity index (χ0) is 21.8. The van der Waals surface area contributed by atoms with E-state index in [9.17, 15) is 0 Å². The minimum absolute atomic E-state index is 0.0643. The molecule has 158 valence electrons. The SMILES string of the molecule is C=CC(O[Si](C)(C)C(C)(C)C)[PH](c1ccccc1)(c1ccccc1)c1ccccc1. The first kappa shape index (κ1) is 22.7. The molecular formula is C27H35OPSi. The van der Waals surface area contributed by atoms with Gasteiger partial charge in [-0.25, -0.2) is 0 Å². The Morgan fingerprint density at radius 3 is 1.33 bits per heavy atom. The van der Waals surface area contributed by atoms with Crippen molar-refractivity contribution in [1.82, 2.24) is 0 Å². The molecule has 1 unspecified atom stereocenters. The molecule has 1 nitrogen and oxygen atoms in total. The summed E-state index contributed by atoms with van der Waals surface area (Å²) in [6.07, 6.45) is 2.07. The summed E-state index contributed by atoms with van der Waals surface area (Å²) in [6.45, 7) is 15.9. The molecule has 0 amide bonds. The van der Waals surface area contributed by atoms with E-state index < -0.39 is 15.6 Å². The van der Waals surface area contributed by atoms with Crippen LogP contribution in [0.4, 0.5) is 0 Å². The molecule has 0 saturated carbocycles. The summed E-state index contributed by atoms with van der Waals surface area (Å²) in [5, 5.41) is 4.18. The van der Waals surface area contributed by atoms with Gasteiger partial charge < -0.3 is 0 Å². The van der Waals surface area contributed by atoms with E-state index in [1.807, 2.05) is 0 Å². The van der Waals surface area contributed by atoms with Crippen LogP contribution in [-0.4, -0.2) is 14.2 Å². The van der Waals surface area contributed by atoms with Crippen molar-refractivity contribution in [3.05, 3.63) is 104 Å². The molecular weight excluding hydrogens is 399 g/mol. The van der Waals surface area contributed by atoms with Gasteiger partial charge in [0.05, 0.1) is 0 Å². The van der Waals surface area contributed by atoms with E-state index in [1.165, 1.54) is 15.9 Å². The van der Waals surface area contributed by atoms with Gasteiger partial charge in [-0.15, -0.1) is 0 Å². The van der Waals surface area contributed by atoms with Gasteiger partial charge in [0.15, 0.2) is 0 Å². The molecule has 0 N–H and O–H groups in total. The van der Waals surface area contributed by atoms with Crippen molar-refractivity contribution >= 4 is 31.5 Å². The fourth-order valence-electron chi connectivity index (χ4n) is 3.90. The first-order valence-electron chi connectivity index (χ1n) is 10.7. The molecule has 0 saturated heterocycles. The van der Waals surface area contributed by atoms with Gasteiger partial charge in [0.2, 0.25) is 0 Å².